The molecule has 0 saturated heterocycles. The molecule has 0 fully saturated rings. The highest BCUT2D eigenvalue weighted by atomic mass is 15.0. The Labute approximate surface area is 760 Å². The molecule has 0 aliphatic heterocycles. The highest BCUT2D eigenvalue weighted by Crippen LogP contribution is 2.55. The van der Waals surface area contributed by atoms with Gasteiger partial charge in [0.2, 0.25) is 0 Å². The lowest BCUT2D eigenvalue weighted by Gasteiger charge is -2.16. The van der Waals surface area contributed by atoms with Gasteiger partial charge >= 0.3 is 0 Å². The van der Waals surface area contributed by atoms with E-state index in [4.69, 9.17) is 0 Å². The fraction of sp³-hybridized carbons (Fsp3) is 0. The second kappa shape index (κ2) is 28.0. The lowest BCUT2D eigenvalue weighted by atomic mass is 9.93. The van der Waals surface area contributed by atoms with Gasteiger partial charge in [-0.3, -0.25) is 0 Å². The molecule has 0 unspecified atom stereocenters. The maximum Gasteiger partial charge on any atom is 0.0546 e. The normalized spacial score (nSPS) is 12.2. The van der Waals surface area contributed by atoms with Crippen molar-refractivity contribution in [3.63, 3.8) is 0 Å². The van der Waals surface area contributed by atoms with Gasteiger partial charge in [-0.2, -0.15) is 0 Å². The third-order valence-corrected chi connectivity index (χ3v) is 29.3. The van der Waals surface area contributed by atoms with Crippen molar-refractivity contribution in [3.8, 4) is 145 Å². The van der Waals surface area contributed by atoms with Gasteiger partial charge in [-0.1, -0.05) is 334 Å². The lowest BCUT2D eigenvalue weighted by molar-refractivity contribution is 1.18. The summed E-state index contributed by atoms with van der Waals surface area (Å²) in [6.45, 7) is 0. The van der Waals surface area contributed by atoms with Crippen LogP contribution in [0.3, 0.4) is 0 Å². The molecule has 0 saturated carbocycles. The Bertz CT molecular complexity index is 9670. The number of fused-ring (bicyclic) bond motifs is 23. The van der Waals surface area contributed by atoms with Gasteiger partial charge in [0.1, 0.15) is 0 Å². The van der Waals surface area contributed by atoms with Gasteiger partial charge in [-0.05, 0) is 298 Å². The number of para-hydroxylation sites is 5. The van der Waals surface area contributed by atoms with E-state index in [2.05, 4.69) is 479 Å². The summed E-state index contributed by atoms with van der Waals surface area (Å²) in [6.07, 6.45) is 0. The number of benzene rings is 23. The van der Waals surface area contributed by atoms with E-state index in [0.29, 0.717) is 0 Å². The minimum atomic E-state index is 1.13. The van der Waals surface area contributed by atoms with Crippen LogP contribution in [-0.2, 0) is 0 Å². The number of hydrogen-bond acceptors (Lipinski definition) is 0. The van der Waals surface area contributed by atoms with Crippen LogP contribution in [0.5, 0.6) is 0 Å². The zero-order valence-electron chi connectivity index (χ0n) is 71.7. The Morgan fingerprint density at radius 1 is 0.114 bits per heavy atom. The van der Waals surface area contributed by atoms with E-state index in [0.717, 1.165) is 11.4 Å². The standard InChI is InChI=1S/C128H76N4/c1-2-19-91(20-3-1)129-117-32-12-8-23-100(117)113-72-86(52-66-121(113)129)87-53-67-122-114(73-87)101-24-9-13-33-118(101)130(122)92-56-46-80(47-57-92)78-38-36-77(37-39-78)79-40-42-82(43-41-79)94-62-64-109-98-61-51-84(70-111(98)108-31-17-29-105(94)128(108)109)85-50-60-97-106-30-16-28-104-95(63-65-110(127(104)106)112(97)71-85)83-48-58-93(59-49-83)131-119-34-14-10-25-102(119)115-74-88(54-68-123(115)131)89-55-69-124-116(75-89)103-26-11-15-35-120(103)132(124)125-76-90-45-44-81-18-4-5-21-96(81)126(90)107-27-7-6-22-99(107)125/h1-76H. The van der Waals surface area contributed by atoms with Crippen LogP contribution < -0.4 is 0 Å². The molecular formula is C128H76N4. The predicted octanol–water partition coefficient (Wildman–Crippen LogP) is 34.8. The van der Waals surface area contributed by atoms with Gasteiger partial charge in [0.15, 0.2) is 0 Å². The number of nitrogens with zero attached hydrogens (tertiary/aromatic N) is 4. The van der Waals surface area contributed by atoms with Crippen molar-refractivity contribution >= 4 is 141 Å². The van der Waals surface area contributed by atoms with Crippen molar-refractivity contribution in [2.24, 2.45) is 0 Å². The molecule has 4 nitrogen and oxygen atoms in total. The summed E-state index contributed by atoms with van der Waals surface area (Å²) < 4.78 is 9.74. The molecule has 0 bridgehead atoms. The number of hydrogen-bond donors (Lipinski definition) is 0. The highest BCUT2D eigenvalue weighted by Gasteiger charge is 2.29. The van der Waals surface area contributed by atoms with Crippen molar-refractivity contribution in [3.05, 3.63) is 461 Å². The van der Waals surface area contributed by atoms with Crippen LogP contribution >= 0.6 is 0 Å². The summed E-state index contributed by atoms with van der Waals surface area (Å²) in [5, 5.41) is 22.7. The zero-order chi connectivity index (χ0) is 86.1. The molecule has 23 aromatic carbocycles. The fourth-order valence-corrected chi connectivity index (χ4v) is 23.2. The summed E-state index contributed by atoms with van der Waals surface area (Å²) in [6, 6.07) is 173. The highest BCUT2D eigenvalue weighted by molar-refractivity contribution is 6.25. The van der Waals surface area contributed by atoms with E-state index in [1.807, 2.05) is 0 Å². The Morgan fingerprint density at radius 3 is 0.864 bits per heavy atom. The van der Waals surface area contributed by atoms with Crippen LogP contribution in [0, 0.1) is 0 Å². The van der Waals surface area contributed by atoms with Gasteiger partial charge in [0.25, 0.3) is 0 Å². The van der Waals surface area contributed by atoms with E-state index in [1.165, 1.54) is 275 Å². The Kier molecular flexibility index (Phi) is 15.4. The summed E-state index contributed by atoms with van der Waals surface area (Å²) in [5.41, 5.74) is 41.3. The molecule has 132 heavy (non-hydrogen) atoms. The van der Waals surface area contributed by atoms with Gasteiger partial charge in [0.05, 0.1) is 49.8 Å². The minimum absolute atomic E-state index is 1.13. The van der Waals surface area contributed by atoms with Crippen molar-refractivity contribution in [1.29, 1.82) is 0 Å². The SMILES string of the molecule is c1ccc(-n2c3ccccc3c3cc(-c4ccc5c(c4)c4ccccc4n5-c4ccc(-c5ccc(-c6ccc(-c7ccc8c9c(cccc79)-c7cc(-c9ccc%10c(c9)-c9ccc(-c%11ccc(-n%12c%13ccccc%13c%13cc(-c%14ccc%15c(c%14)c%14ccccc%14n%15-c%14cc%15ccc%16ccccc%16c%15c%15ccccc%14%15)ccc%13%12)cc%11)c%11cccc-%10c9%11)ccc7-8)cc6)cc5)cc4)ccc32)cc1. The molecular weight excluding hydrogens is 1590 g/mol. The van der Waals surface area contributed by atoms with Gasteiger partial charge in [-0.25, -0.2) is 0 Å². The zero-order valence-corrected chi connectivity index (χ0v) is 71.7. The molecule has 4 heteroatoms. The summed E-state index contributed by atoms with van der Waals surface area (Å²) in [5.74, 6) is 0. The minimum Gasteiger partial charge on any atom is -0.309 e. The first-order chi connectivity index (χ1) is 65.4. The molecule has 27 aromatic rings. The molecule has 2 aliphatic carbocycles. The predicted molar refractivity (Wildman–Crippen MR) is 558 cm³/mol. The molecule has 4 heterocycles. The van der Waals surface area contributed by atoms with E-state index in [-0.39, 0.29) is 0 Å². The maximum absolute atomic E-state index is 2.49. The van der Waals surface area contributed by atoms with E-state index in [1.54, 1.807) is 0 Å². The first-order valence-corrected chi connectivity index (χ1v) is 45.8. The van der Waals surface area contributed by atoms with Crippen LogP contribution in [0.15, 0.2) is 461 Å². The Morgan fingerprint density at radius 2 is 0.402 bits per heavy atom. The first-order valence-electron chi connectivity index (χ1n) is 45.8. The monoisotopic (exact) mass is 1670 g/mol. The van der Waals surface area contributed by atoms with E-state index in [9.17, 15) is 0 Å². The second-order valence-corrected chi connectivity index (χ2v) is 36.0. The van der Waals surface area contributed by atoms with Gasteiger partial charge < -0.3 is 18.3 Å². The van der Waals surface area contributed by atoms with E-state index >= 15 is 0 Å². The topological polar surface area (TPSA) is 19.7 Å². The summed E-state index contributed by atoms with van der Waals surface area (Å²) >= 11 is 0. The second-order valence-electron chi connectivity index (χ2n) is 36.0. The number of aromatic nitrogens is 4. The molecule has 4 aromatic heterocycles. The first kappa shape index (κ1) is 72.7. The largest absolute Gasteiger partial charge is 0.309 e. The van der Waals surface area contributed by atoms with Gasteiger partial charge in [0, 0.05) is 65.5 Å². The summed E-state index contributed by atoms with van der Waals surface area (Å²) in [7, 11) is 0. The Balaban J connectivity index is 0.420. The van der Waals surface area contributed by atoms with Crippen LogP contribution in [0.4, 0.5) is 0 Å². The van der Waals surface area contributed by atoms with Crippen LogP contribution in [0.25, 0.3) is 286 Å². The summed E-state index contributed by atoms with van der Waals surface area (Å²) in [4.78, 5) is 0. The molecule has 2 aliphatic rings. The smallest absolute Gasteiger partial charge is 0.0546 e. The average molecular weight is 1670 g/mol. The third-order valence-electron chi connectivity index (χ3n) is 29.3. The average Bonchev–Trinajstić information content (AvgIpc) is 1.52. The van der Waals surface area contributed by atoms with Crippen LogP contribution in [0.2, 0.25) is 0 Å². The van der Waals surface area contributed by atoms with Crippen LogP contribution in [-0.4, -0.2) is 18.3 Å². The van der Waals surface area contributed by atoms with Crippen molar-refractivity contribution < 1.29 is 0 Å². The molecule has 29 rings (SSSR count). The molecule has 0 amide bonds. The van der Waals surface area contributed by atoms with Crippen molar-refractivity contribution in [1.82, 2.24) is 18.3 Å². The molecule has 0 radical (unpaired) electrons. The van der Waals surface area contributed by atoms with Crippen molar-refractivity contribution in [2.75, 3.05) is 0 Å². The van der Waals surface area contributed by atoms with Crippen molar-refractivity contribution in [2.45, 2.75) is 0 Å². The fourth-order valence-electron chi connectivity index (χ4n) is 23.2. The quantitative estimate of drug-likeness (QED) is 0.115. The van der Waals surface area contributed by atoms with Gasteiger partial charge in [-0.15, -0.1) is 0 Å². The molecule has 0 spiro atoms. The molecule has 0 atom stereocenters. The Hall–Kier alpha value is -17.4. The van der Waals surface area contributed by atoms with E-state index < -0.39 is 0 Å². The number of rotatable bonds is 11. The maximum atomic E-state index is 2.49. The molecule has 0 N–H and O–H groups in total. The lowest BCUT2D eigenvalue weighted by Crippen LogP contribution is -1.96. The third kappa shape index (κ3) is 10.7. The van der Waals surface area contributed by atoms with Crippen LogP contribution in [0.1, 0.15) is 0 Å². The molecule has 608 valence electrons.